The van der Waals surface area contributed by atoms with Gasteiger partial charge in [0.15, 0.2) is 11.6 Å². The van der Waals surface area contributed by atoms with Crippen molar-refractivity contribution in [2.24, 2.45) is 0 Å². The Morgan fingerprint density at radius 2 is 1.56 bits per heavy atom. The van der Waals surface area contributed by atoms with Gasteiger partial charge in [-0.05, 0) is 31.0 Å². The zero-order valence-electron chi connectivity index (χ0n) is 10.3. The zero-order chi connectivity index (χ0) is 13.1. The molecular formula is C15H14F2O. The Labute approximate surface area is 105 Å². The molecule has 0 aromatic heterocycles. The molecule has 0 saturated heterocycles. The van der Waals surface area contributed by atoms with Crippen LogP contribution >= 0.6 is 0 Å². The lowest BCUT2D eigenvalue weighted by Crippen LogP contribution is -2.00. The number of ether oxygens (including phenoxy) is 1. The number of hydrogen-bond acceptors (Lipinski definition) is 1. The predicted octanol–water partition coefficient (Wildman–Crippen LogP) is 4.16. The van der Waals surface area contributed by atoms with Crippen LogP contribution in [0.4, 0.5) is 8.78 Å². The summed E-state index contributed by atoms with van der Waals surface area (Å²) in [6, 6.07) is 10.6. The topological polar surface area (TPSA) is 9.23 Å². The van der Waals surface area contributed by atoms with E-state index >= 15 is 0 Å². The Morgan fingerprint density at radius 3 is 2.22 bits per heavy atom. The first-order valence-corrected chi connectivity index (χ1v) is 5.71. The Hall–Kier alpha value is -1.90. The number of hydrogen-bond donors (Lipinski definition) is 0. The SMILES string of the molecule is Cc1ccc(COc2ccc(C)c(F)c2F)cc1. The third-order valence-electron chi connectivity index (χ3n) is 2.75. The van der Waals surface area contributed by atoms with Crippen molar-refractivity contribution in [3.63, 3.8) is 0 Å². The van der Waals surface area contributed by atoms with Crippen LogP contribution in [0.25, 0.3) is 0 Å². The van der Waals surface area contributed by atoms with Gasteiger partial charge in [0, 0.05) is 0 Å². The number of aryl methyl sites for hydroxylation is 2. The average molecular weight is 248 g/mol. The van der Waals surface area contributed by atoms with Crippen molar-refractivity contribution in [1.82, 2.24) is 0 Å². The molecule has 0 unspecified atom stereocenters. The van der Waals surface area contributed by atoms with E-state index in [-0.39, 0.29) is 17.9 Å². The summed E-state index contributed by atoms with van der Waals surface area (Å²) in [7, 11) is 0. The Morgan fingerprint density at radius 1 is 0.889 bits per heavy atom. The fourth-order valence-electron chi connectivity index (χ4n) is 1.59. The van der Waals surface area contributed by atoms with Crippen molar-refractivity contribution in [1.29, 1.82) is 0 Å². The maximum Gasteiger partial charge on any atom is 0.200 e. The summed E-state index contributed by atoms with van der Waals surface area (Å²) in [6.45, 7) is 3.72. The van der Waals surface area contributed by atoms with Gasteiger partial charge in [-0.15, -0.1) is 0 Å². The molecule has 0 atom stereocenters. The zero-order valence-corrected chi connectivity index (χ0v) is 10.3. The van der Waals surface area contributed by atoms with Crippen LogP contribution in [0, 0.1) is 25.5 Å². The Bertz CT molecular complexity index is 547. The van der Waals surface area contributed by atoms with E-state index in [1.165, 1.54) is 19.1 Å². The second kappa shape index (κ2) is 5.17. The van der Waals surface area contributed by atoms with Crippen LogP contribution in [0.1, 0.15) is 16.7 Å². The van der Waals surface area contributed by atoms with Gasteiger partial charge in [-0.2, -0.15) is 4.39 Å². The summed E-state index contributed by atoms with van der Waals surface area (Å²) in [5, 5.41) is 0. The molecule has 0 bridgehead atoms. The molecule has 0 aliphatic rings. The first kappa shape index (κ1) is 12.6. The van der Waals surface area contributed by atoms with E-state index in [1.54, 1.807) is 0 Å². The molecule has 2 rings (SSSR count). The minimum absolute atomic E-state index is 0.0568. The maximum absolute atomic E-state index is 13.5. The molecule has 0 aliphatic heterocycles. The normalized spacial score (nSPS) is 10.4. The lowest BCUT2D eigenvalue weighted by Gasteiger charge is -2.09. The molecule has 0 aliphatic carbocycles. The Balaban J connectivity index is 2.11. The molecule has 0 saturated carbocycles. The van der Waals surface area contributed by atoms with Crippen molar-refractivity contribution >= 4 is 0 Å². The fraction of sp³-hybridized carbons (Fsp3) is 0.200. The van der Waals surface area contributed by atoms with Gasteiger partial charge in [-0.1, -0.05) is 35.9 Å². The molecule has 2 aromatic rings. The summed E-state index contributed by atoms with van der Waals surface area (Å²) in [5.74, 6) is -1.84. The number of rotatable bonds is 3. The summed E-state index contributed by atoms with van der Waals surface area (Å²) in [4.78, 5) is 0. The molecule has 0 spiro atoms. The van der Waals surface area contributed by atoms with Gasteiger partial charge in [0.2, 0.25) is 5.82 Å². The van der Waals surface area contributed by atoms with Crippen LogP contribution in [0.3, 0.4) is 0 Å². The molecule has 94 valence electrons. The van der Waals surface area contributed by atoms with Crippen molar-refractivity contribution in [3.05, 3.63) is 64.7 Å². The summed E-state index contributed by atoms with van der Waals surface area (Å²) in [5.41, 5.74) is 2.34. The van der Waals surface area contributed by atoms with Gasteiger partial charge in [0.05, 0.1) is 0 Å². The monoisotopic (exact) mass is 248 g/mol. The molecule has 0 radical (unpaired) electrons. The average Bonchev–Trinajstić information content (AvgIpc) is 2.37. The van der Waals surface area contributed by atoms with E-state index in [0.717, 1.165) is 11.1 Å². The van der Waals surface area contributed by atoms with E-state index < -0.39 is 11.6 Å². The fourth-order valence-corrected chi connectivity index (χ4v) is 1.59. The van der Waals surface area contributed by atoms with E-state index in [2.05, 4.69) is 0 Å². The minimum Gasteiger partial charge on any atom is -0.486 e. The molecule has 0 heterocycles. The highest BCUT2D eigenvalue weighted by molar-refractivity contribution is 5.30. The number of halogens is 2. The van der Waals surface area contributed by atoms with Gasteiger partial charge in [-0.3, -0.25) is 0 Å². The number of benzene rings is 2. The molecule has 2 aromatic carbocycles. The van der Waals surface area contributed by atoms with E-state index in [1.807, 2.05) is 31.2 Å². The third kappa shape index (κ3) is 2.67. The van der Waals surface area contributed by atoms with E-state index in [0.29, 0.717) is 0 Å². The van der Waals surface area contributed by atoms with Crippen molar-refractivity contribution in [3.8, 4) is 5.75 Å². The van der Waals surface area contributed by atoms with Crippen LogP contribution in [0.2, 0.25) is 0 Å². The van der Waals surface area contributed by atoms with Gasteiger partial charge >= 0.3 is 0 Å². The summed E-state index contributed by atoms with van der Waals surface area (Å²) in [6.07, 6.45) is 0. The highest BCUT2D eigenvalue weighted by Gasteiger charge is 2.11. The molecule has 0 fully saturated rings. The van der Waals surface area contributed by atoms with Crippen LogP contribution in [0.5, 0.6) is 5.75 Å². The van der Waals surface area contributed by atoms with Crippen LogP contribution in [0.15, 0.2) is 36.4 Å². The van der Waals surface area contributed by atoms with Gasteiger partial charge < -0.3 is 4.74 Å². The molecule has 0 amide bonds. The largest absolute Gasteiger partial charge is 0.486 e. The second-order valence-corrected chi connectivity index (χ2v) is 4.28. The van der Waals surface area contributed by atoms with Crippen molar-refractivity contribution in [2.45, 2.75) is 20.5 Å². The first-order valence-electron chi connectivity index (χ1n) is 5.71. The van der Waals surface area contributed by atoms with Crippen LogP contribution in [-0.4, -0.2) is 0 Å². The summed E-state index contributed by atoms with van der Waals surface area (Å²) >= 11 is 0. The Kier molecular flexibility index (Phi) is 3.60. The molecule has 3 heteroatoms. The highest BCUT2D eigenvalue weighted by atomic mass is 19.2. The highest BCUT2D eigenvalue weighted by Crippen LogP contribution is 2.23. The molecule has 1 nitrogen and oxygen atoms in total. The summed E-state index contributed by atoms with van der Waals surface area (Å²) < 4.78 is 32.1. The molecular weight excluding hydrogens is 234 g/mol. The van der Waals surface area contributed by atoms with E-state index in [9.17, 15) is 8.78 Å². The predicted molar refractivity (Wildman–Crippen MR) is 66.6 cm³/mol. The maximum atomic E-state index is 13.5. The van der Waals surface area contributed by atoms with Crippen LogP contribution < -0.4 is 4.74 Å². The van der Waals surface area contributed by atoms with Gasteiger partial charge in [0.25, 0.3) is 0 Å². The van der Waals surface area contributed by atoms with Gasteiger partial charge in [-0.25, -0.2) is 4.39 Å². The second-order valence-electron chi connectivity index (χ2n) is 4.28. The van der Waals surface area contributed by atoms with Crippen LogP contribution in [-0.2, 0) is 6.61 Å². The lowest BCUT2D eigenvalue weighted by atomic mass is 10.2. The quantitative estimate of drug-likeness (QED) is 0.792. The third-order valence-corrected chi connectivity index (χ3v) is 2.75. The minimum atomic E-state index is -0.929. The van der Waals surface area contributed by atoms with Gasteiger partial charge in [0.1, 0.15) is 6.61 Å². The smallest absolute Gasteiger partial charge is 0.200 e. The van der Waals surface area contributed by atoms with Crippen molar-refractivity contribution < 1.29 is 13.5 Å². The van der Waals surface area contributed by atoms with Crippen molar-refractivity contribution in [2.75, 3.05) is 0 Å². The lowest BCUT2D eigenvalue weighted by molar-refractivity contribution is 0.284. The standard InChI is InChI=1S/C15H14F2O/c1-10-3-6-12(7-4-10)9-18-13-8-5-11(2)14(16)15(13)17/h3-8H,9H2,1-2H3. The van der Waals surface area contributed by atoms with E-state index in [4.69, 9.17) is 4.74 Å². The molecule has 18 heavy (non-hydrogen) atoms. The molecule has 0 N–H and O–H groups in total. The first-order chi connectivity index (χ1) is 8.58.